The van der Waals surface area contributed by atoms with E-state index in [-0.39, 0.29) is 27.1 Å². The van der Waals surface area contributed by atoms with Crippen molar-refractivity contribution in [3.8, 4) is 11.5 Å². The Morgan fingerprint density at radius 3 is 2.44 bits per heavy atom. The van der Waals surface area contributed by atoms with E-state index < -0.39 is 23.7 Å². The molecule has 0 saturated carbocycles. The molecule has 36 heavy (non-hydrogen) atoms. The number of aliphatic hydroxyl groups excluding tert-OH is 1. The van der Waals surface area contributed by atoms with E-state index in [0.717, 1.165) is 16.2 Å². The van der Waals surface area contributed by atoms with E-state index in [0.29, 0.717) is 29.2 Å². The average molecular weight is 507 g/mol. The molecule has 1 aromatic heterocycles. The van der Waals surface area contributed by atoms with Gasteiger partial charge in [-0.15, -0.1) is 0 Å². The maximum Gasteiger partial charge on any atom is 0.350 e. The number of aromatic nitrogens is 1. The van der Waals surface area contributed by atoms with E-state index in [1.807, 2.05) is 0 Å². The third kappa shape index (κ3) is 4.46. The van der Waals surface area contributed by atoms with Crippen molar-refractivity contribution in [2.45, 2.75) is 13.0 Å². The Hall–Kier alpha value is -4.44. The standard InChI is InChI=1S/C26H22N2O7S/c1-4-13-35-18-11-7-16(8-12-18)21(30)19-20(15-5-9-17(29)10-6-15)28(24(32)22(19)31)26-27-14(2)23(36-26)25(33)34-3/h4-12,20,29-30H,1,13H2,2-3H3/b21-19+/t20-/m0/s1. The van der Waals surface area contributed by atoms with Crippen molar-refractivity contribution in [3.05, 3.63) is 88.5 Å². The number of thiazole rings is 1. The number of phenols is 1. The molecule has 0 aliphatic carbocycles. The van der Waals surface area contributed by atoms with Gasteiger partial charge in [0.1, 0.15) is 28.7 Å². The first-order chi connectivity index (χ1) is 17.3. The molecule has 1 aliphatic rings. The highest BCUT2D eigenvalue weighted by Gasteiger charge is 2.48. The van der Waals surface area contributed by atoms with Gasteiger partial charge < -0.3 is 19.7 Å². The third-order valence-electron chi connectivity index (χ3n) is 5.51. The predicted molar refractivity (Wildman–Crippen MR) is 133 cm³/mol. The van der Waals surface area contributed by atoms with Crippen LogP contribution in [-0.4, -0.2) is 46.6 Å². The number of methoxy groups -OCH3 is 1. The number of hydrogen-bond donors (Lipinski definition) is 2. The minimum Gasteiger partial charge on any atom is -0.508 e. The summed E-state index contributed by atoms with van der Waals surface area (Å²) in [5.41, 5.74) is 0.932. The van der Waals surface area contributed by atoms with Crippen molar-refractivity contribution in [1.82, 2.24) is 4.98 Å². The average Bonchev–Trinajstić information content (AvgIpc) is 3.39. The summed E-state index contributed by atoms with van der Waals surface area (Å²) in [6.45, 7) is 5.49. The Morgan fingerprint density at radius 1 is 1.17 bits per heavy atom. The number of hydrogen-bond acceptors (Lipinski definition) is 9. The second-order valence-electron chi connectivity index (χ2n) is 7.79. The van der Waals surface area contributed by atoms with Crippen molar-refractivity contribution >= 4 is 39.9 Å². The number of aryl methyl sites for hydroxylation is 1. The fraction of sp³-hybridized carbons (Fsp3) is 0.154. The molecule has 1 atom stereocenters. The van der Waals surface area contributed by atoms with Gasteiger partial charge in [-0.1, -0.05) is 36.1 Å². The van der Waals surface area contributed by atoms with Crippen molar-refractivity contribution < 1.29 is 34.1 Å². The summed E-state index contributed by atoms with van der Waals surface area (Å²) in [6, 6.07) is 11.2. The number of Topliss-reactive ketones (excluding diaryl/α,β-unsaturated/α-hetero) is 1. The summed E-state index contributed by atoms with van der Waals surface area (Å²) in [4.78, 5) is 44.3. The number of carbonyl (C=O) groups excluding carboxylic acids is 3. The lowest BCUT2D eigenvalue weighted by atomic mass is 9.95. The number of amides is 1. The number of aromatic hydroxyl groups is 1. The second-order valence-corrected chi connectivity index (χ2v) is 8.76. The molecule has 1 amide bonds. The number of benzene rings is 2. The molecular weight excluding hydrogens is 484 g/mol. The van der Waals surface area contributed by atoms with Crippen molar-refractivity contribution in [3.63, 3.8) is 0 Å². The molecule has 1 fully saturated rings. The van der Waals surface area contributed by atoms with Crippen LogP contribution in [0.2, 0.25) is 0 Å². The third-order valence-corrected chi connectivity index (χ3v) is 6.65. The molecule has 3 aromatic rings. The molecule has 4 rings (SSSR count). The predicted octanol–water partition coefficient (Wildman–Crippen LogP) is 4.13. The summed E-state index contributed by atoms with van der Waals surface area (Å²) in [7, 11) is 1.23. The van der Waals surface area contributed by atoms with E-state index >= 15 is 0 Å². The lowest BCUT2D eigenvalue weighted by Gasteiger charge is -2.23. The van der Waals surface area contributed by atoms with Gasteiger partial charge in [0.05, 0.1) is 24.4 Å². The molecule has 184 valence electrons. The van der Waals surface area contributed by atoms with Crippen LogP contribution in [0.5, 0.6) is 11.5 Å². The number of esters is 1. The molecule has 1 aliphatic heterocycles. The number of rotatable bonds is 7. The van der Waals surface area contributed by atoms with Crippen LogP contribution in [0, 0.1) is 6.92 Å². The van der Waals surface area contributed by atoms with Gasteiger partial charge in [-0.25, -0.2) is 9.78 Å². The highest BCUT2D eigenvalue weighted by molar-refractivity contribution is 7.17. The maximum absolute atomic E-state index is 13.2. The number of phenolic OH excluding ortho intramolecular Hbond substituents is 1. The first-order valence-corrected chi connectivity index (χ1v) is 11.6. The zero-order valence-corrected chi connectivity index (χ0v) is 20.2. The monoisotopic (exact) mass is 506 g/mol. The van der Waals surface area contributed by atoms with E-state index in [4.69, 9.17) is 9.47 Å². The minimum absolute atomic E-state index is 0.0103. The van der Waals surface area contributed by atoms with Crippen molar-refractivity contribution in [1.29, 1.82) is 0 Å². The van der Waals surface area contributed by atoms with E-state index in [9.17, 15) is 24.6 Å². The Bertz CT molecular complexity index is 1370. The zero-order chi connectivity index (χ0) is 26.0. The van der Waals surface area contributed by atoms with Crippen LogP contribution in [0.3, 0.4) is 0 Å². The van der Waals surface area contributed by atoms with Crippen LogP contribution in [0.4, 0.5) is 5.13 Å². The van der Waals surface area contributed by atoms with E-state index in [1.165, 1.54) is 19.2 Å². The van der Waals surface area contributed by atoms with Gasteiger partial charge in [-0.3, -0.25) is 14.5 Å². The lowest BCUT2D eigenvalue weighted by molar-refractivity contribution is -0.132. The number of ether oxygens (including phenoxy) is 2. The smallest absolute Gasteiger partial charge is 0.350 e. The van der Waals surface area contributed by atoms with Crippen LogP contribution in [0.25, 0.3) is 5.76 Å². The fourth-order valence-electron chi connectivity index (χ4n) is 3.79. The van der Waals surface area contributed by atoms with Gasteiger partial charge >= 0.3 is 11.9 Å². The van der Waals surface area contributed by atoms with Gasteiger partial charge in [0.15, 0.2) is 5.13 Å². The molecule has 2 heterocycles. The number of ketones is 1. The Kier molecular flexibility index (Phi) is 6.89. The molecule has 2 N–H and O–H groups in total. The quantitative estimate of drug-likeness (QED) is 0.161. The normalized spacial score (nSPS) is 16.7. The van der Waals surface area contributed by atoms with Crippen molar-refractivity contribution in [2.24, 2.45) is 0 Å². The van der Waals surface area contributed by atoms with Crippen molar-refractivity contribution in [2.75, 3.05) is 18.6 Å². The van der Waals surface area contributed by atoms with Gasteiger partial charge in [-0.05, 0) is 48.9 Å². The first kappa shape index (κ1) is 24.7. The molecule has 2 aromatic carbocycles. The van der Waals surface area contributed by atoms with Crippen LogP contribution in [-0.2, 0) is 14.3 Å². The summed E-state index contributed by atoms with van der Waals surface area (Å²) >= 11 is 0.905. The second kappa shape index (κ2) is 10.0. The van der Waals surface area contributed by atoms with Crippen LogP contribution in [0.15, 0.2) is 66.8 Å². The van der Waals surface area contributed by atoms with Crippen LogP contribution < -0.4 is 9.64 Å². The molecule has 9 nitrogen and oxygen atoms in total. The zero-order valence-electron chi connectivity index (χ0n) is 19.4. The molecule has 0 bridgehead atoms. The SMILES string of the molecule is C=CCOc1ccc(/C(O)=C2\C(=O)C(=O)N(c3nc(C)c(C(=O)OC)s3)[C@H]2c2ccc(O)cc2)cc1. The molecule has 1 saturated heterocycles. The van der Waals surface area contributed by atoms with Crippen LogP contribution >= 0.6 is 11.3 Å². The Balaban J connectivity index is 1.86. The van der Waals surface area contributed by atoms with E-state index in [1.54, 1.807) is 49.4 Å². The minimum atomic E-state index is -1.06. The number of carbonyl (C=O) groups is 3. The molecule has 0 spiro atoms. The maximum atomic E-state index is 13.2. The molecule has 0 radical (unpaired) electrons. The molecule has 10 heteroatoms. The highest BCUT2D eigenvalue weighted by Crippen LogP contribution is 2.44. The Morgan fingerprint density at radius 2 is 1.83 bits per heavy atom. The Labute approximate surface area is 210 Å². The number of aliphatic hydroxyl groups is 1. The van der Waals surface area contributed by atoms with E-state index in [2.05, 4.69) is 11.6 Å². The van der Waals surface area contributed by atoms with Gasteiger partial charge in [0, 0.05) is 5.56 Å². The summed E-state index contributed by atoms with van der Waals surface area (Å²) in [5.74, 6) is -2.30. The fourth-order valence-corrected chi connectivity index (χ4v) is 4.80. The van der Waals surface area contributed by atoms with Gasteiger partial charge in [0.2, 0.25) is 0 Å². The summed E-state index contributed by atoms with van der Waals surface area (Å²) < 4.78 is 10.2. The summed E-state index contributed by atoms with van der Waals surface area (Å²) in [5, 5.41) is 21.1. The first-order valence-electron chi connectivity index (χ1n) is 10.8. The number of nitrogens with zero attached hydrogens (tertiary/aromatic N) is 2. The summed E-state index contributed by atoms with van der Waals surface area (Å²) in [6.07, 6.45) is 1.60. The lowest BCUT2D eigenvalue weighted by Crippen LogP contribution is -2.29. The molecular formula is C26H22N2O7S. The molecule has 0 unspecified atom stereocenters. The van der Waals surface area contributed by atoms with Gasteiger partial charge in [0.25, 0.3) is 5.78 Å². The topological polar surface area (TPSA) is 126 Å². The largest absolute Gasteiger partial charge is 0.508 e. The highest BCUT2D eigenvalue weighted by atomic mass is 32.1. The number of anilines is 1. The van der Waals surface area contributed by atoms with Gasteiger partial charge in [-0.2, -0.15) is 0 Å². The van der Waals surface area contributed by atoms with Crippen LogP contribution in [0.1, 0.15) is 32.5 Å².